The predicted molar refractivity (Wildman–Crippen MR) is 102 cm³/mol. The fourth-order valence-electron chi connectivity index (χ4n) is 3.34. The number of carbonyl (C=O) groups is 2. The lowest BCUT2D eigenvalue weighted by molar-refractivity contribution is -0.138. The third-order valence-corrected chi connectivity index (χ3v) is 4.89. The number of piperazine rings is 1. The zero-order valence-corrected chi connectivity index (χ0v) is 15.6. The molecule has 0 bridgehead atoms. The molecule has 1 N–H and O–H groups in total. The van der Waals surface area contributed by atoms with E-state index in [9.17, 15) is 14.4 Å². The molecule has 1 aliphatic rings. The Kier molecular flexibility index (Phi) is 5.69. The summed E-state index contributed by atoms with van der Waals surface area (Å²) in [5, 5.41) is 0. The number of carbonyl (C=O) groups excluding carboxylic acids is 2. The van der Waals surface area contributed by atoms with Crippen LogP contribution < -0.4 is 5.56 Å². The number of hydrogen-bond donors (Lipinski definition) is 1. The van der Waals surface area contributed by atoms with Crippen molar-refractivity contribution in [3.63, 3.8) is 0 Å². The number of H-pyrrole nitrogens is 1. The Morgan fingerprint density at radius 2 is 2.07 bits per heavy atom. The molecule has 1 aliphatic heterocycles. The highest BCUT2D eigenvalue weighted by molar-refractivity contribution is 5.99. The Labute approximate surface area is 158 Å². The van der Waals surface area contributed by atoms with Gasteiger partial charge in [-0.1, -0.05) is 31.9 Å². The van der Waals surface area contributed by atoms with Crippen LogP contribution in [0.3, 0.4) is 0 Å². The summed E-state index contributed by atoms with van der Waals surface area (Å²) in [4.78, 5) is 47.3. The number of aromatic amines is 1. The largest absolute Gasteiger partial charge is 0.342 e. The standard InChI is InChI=1S/C20H24N4O3/c1-3-4-8-17-20(27)23(2)9-10-24(17)19(26)15-7-5-6-14(11-15)16-12-18(25)22-13-21-16/h5-7,11-13,17H,3-4,8-10H2,1-2H3,(H,21,22,25)/t17-/m0/s1. The zero-order chi connectivity index (χ0) is 19.4. The zero-order valence-electron chi connectivity index (χ0n) is 15.6. The van der Waals surface area contributed by atoms with Crippen LogP contribution in [0.1, 0.15) is 36.5 Å². The Balaban J connectivity index is 1.89. The van der Waals surface area contributed by atoms with Gasteiger partial charge in [-0.25, -0.2) is 4.98 Å². The van der Waals surface area contributed by atoms with Gasteiger partial charge in [-0.05, 0) is 18.6 Å². The van der Waals surface area contributed by atoms with E-state index >= 15 is 0 Å². The maximum Gasteiger partial charge on any atom is 0.254 e. The van der Waals surface area contributed by atoms with Gasteiger partial charge in [-0.15, -0.1) is 0 Å². The summed E-state index contributed by atoms with van der Waals surface area (Å²) >= 11 is 0. The monoisotopic (exact) mass is 368 g/mol. The number of amides is 2. The van der Waals surface area contributed by atoms with Crippen molar-refractivity contribution >= 4 is 11.8 Å². The van der Waals surface area contributed by atoms with Crippen molar-refractivity contribution in [1.29, 1.82) is 0 Å². The summed E-state index contributed by atoms with van der Waals surface area (Å²) in [5.41, 5.74) is 1.44. The molecule has 0 unspecified atom stereocenters. The number of nitrogens with zero attached hydrogens (tertiary/aromatic N) is 3. The number of rotatable bonds is 5. The van der Waals surface area contributed by atoms with Gasteiger partial charge in [0.2, 0.25) is 5.91 Å². The van der Waals surface area contributed by atoms with Gasteiger partial charge >= 0.3 is 0 Å². The molecule has 7 heteroatoms. The Bertz CT molecular complexity index is 893. The van der Waals surface area contributed by atoms with Gasteiger partial charge in [0.1, 0.15) is 6.04 Å². The summed E-state index contributed by atoms with van der Waals surface area (Å²) in [6.45, 7) is 3.12. The summed E-state index contributed by atoms with van der Waals surface area (Å²) in [6, 6.07) is 8.01. The van der Waals surface area contributed by atoms with Crippen molar-refractivity contribution in [3.05, 3.63) is 52.6 Å². The summed E-state index contributed by atoms with van der Waals surface area (Å²) < 4.78 is 0. The molecule has 1 aromatic heterocycles. The quantitative estimate of drug-likeness (QED) is 0.873. The van der Waals surface area contributed by atoms with E-state index in [2.05, 4.69) is 16.9 Å². The maximum atomic E-state index is 13.1. The predicted octanol–water partition coefficient (Wildman–Crippen LogP) is 1.91. The lowest BCUT2D eigenvalue weighted by Crippen LogP contribution is -2.57. The van der Waals surface area contributed by atoms with Crippen molar-refractivity contribution in [2.24, 2.45) is 0 Å². The number of benzene rings is 1. The molecule has 0 spiro atoms. The van der Waals surface area contributed by atoms with Gasteiger partial charge in [-0.3, -0.25) is 14.4 Å². The minimum Gasteiger partial charge on any atom is -0.342 e. The second-order valence-electron chi connectivity index (χ2n) is 6.79. The number of unbranched alkanes of at least 4 members (excludes halogenated alkanes) is 1. The fraction of sp³-hybridized carbons (Fsp3) is 0.400. The minimum absolute atomic E-state index is 0.00420. The Morgan fingerprint density at radius 3 is 2.81 bits per heavy atom. The van der Waals surface area contributed by atoms with E-state index in [1.54, 1.807) is 35.0 Å². The average molecular weight is 368 g/mol. The van der Waals surface area contributed by atoms with Gasteiger partial charge in [0.05, 0.1) is 12.0 Å². The third kappa shape index (κ3) is 4.07. The number of aromatic nitrogens is 2. The molecular weight excluding hydrogens is 344 g/mol. The van der Waals surface area contributed by atoms with Crippen molar-refractivity contribution < 1.29 is 9.59 Å². The van der Waals surface area contributed by atoms with Crippen LogP contribution in [0.4, 0.5) is 0 Å². The van der Waals surface area contributed by atoms with E-state index < -0.39 is 6.04 Å². The van der Waals surface area contributed by atoms with Crippen LogP contribution in [-0.2, 0) is 4.79 Å². The van der Waals surface area contributed by atoms with E-state index in [1.165, 1.54) is 12.4 Å². The topological polar surface area (TPSA) is 86.4 Å². The summed E-state index contributed by atoms with van der Waals surface area (Å²) in [6.07, 6.45) is 3.87. The van der Waals surface area contributed by atoms with Crippen molar-refractivity contribution in [3.8, 4) is 11.3 Å². The molecule has 1 atom stereocenters. The summed E-state index contributed by atoms with van der Waals surface area (Å²) in [7, 11) is 1.78. The number of likely N-dealkylation sites (N-methyl/N-ethyl adjacent to an activating group) is 1. The van der Waals surface area contributed by atoms with E-state index in [0.717, 1.165) is 12.8 Å². The first-order valence-corrected chi connectivity index (χ1v) is 9.22. The highest BCUT2D eigenvalue weighted by Crippen LogP contribution is 2.22. The Hall–Kier alpha value is -2.96. The Morgan fingerprint density at radius 1 is 1.26 bits per heavy atom. The molecular formula is C20H24N4O3. The van der Waals surface area contributed by atoms with Crippen LogP contribution in [0.15, 0.2) is 41.5 Å². The molecule has 0 aliphatic carbocycles. The van der Waals surface area contributed by atoms with Gasteiger partial charge in [0.15, 0.2) is 0 Å². The van der Waals surface area contributed by atoms with E-state index in [0.29, 0.717) is 36.3 Å². The molecule has 0 radical (unpaired) electrons. The van der Waals surface area contributed by atoms with Gasteiger partial charge in [0, 0.05) is 37.3 Å². The molecule has 3 rings (SSSR count). The van der Waals surface area contributed by atoms with Crippen LogP contribution in [0.2, 0.25) is 0 Å². The van der Waals surface area contributed by atoms with Gasteiger partial charge < -0.3 is 14.8 Å². The van der Waals surface area contributed by atoms with Crippen molar-refractivity contribution in [2.75, 3.05) is 20.1 Å². The normalized spacial score (nSPS) is 17.3. The van der Waals surface area contributed by atoms with Gasteiger partial charge in [-0.2, -0.15) is 0 Å². The van der Waals surface area contributed by atoms with Crippen LogP contribution in [-0.4, -0.2) is 57.8 Å². The first kappa shape index (κ1) is 18.8. The molecule has 0 saturated carbocycles. The van der Waals surface area contributed by atoms with Crippen LogP contribution in [0, 0.1) is 0 Å². The molecule has 2 aromatic rings. The minimum atomic E-state index is -0.419. The molecule has 27 heavy (non-hydrogen) atoms. The van der Waals surface area contributed by atoms with Crippen molar-refractivity contribution in [2.45, 2.75) is 32.2 Å². The highest BCUT2D eigenvalue weighted by atomic mass is 16.2. The fourth-order valence-corrected chi connectivity index (χ4v) is 3.34. The van der Waals surface area contributed by atoms with Crippen molar-refractivity contribution in [1.82, 2.24) is 19.8 Å². The summed E-state index contributed by atoms with van der Waals surface area (Å²) in [5.74, 6) is -0.167. The van der Waals surface area contributed by atoms with Gasteiger partial charge in [0.25, 0.3) is 11.5 Å². The van der Waals surface area contributed by atoms with E-state index in [-0.39, 0.29) is 17.4 Å². The SMILES string of the molecule is CCCC[C@H]1C(=O)N(C)CCN1C(=O)c1cccc(-c2cc(=O)[nH]cn2)c1. The first-order chi connectivity index (χ1) is 13.0. The van der Waals surface area contributed by atoms with E-state index in [1.807, 2.05) is 6.07 Å². The van der Waals surface area contributed by atoms with Crippen LogP contribution >= 0.6 is 0 Å². The second kappa shape index (κ2) is 8.16. The highest BCUT2D eigenvalue weighted by Gasteiger charge is 2.35. The molecule has 1 fully saturated rings. The second-order valence-corrected chi connectivity index (χ2v) is 6.79. The van der Waals surface area contributed by atoms with E-state index in [4.69, 9.17) is 0 Å². The smallest absolute Gasteiger partial charge is 0.254 e. The number of hydrogen-bond acceptors (Lipinski definition) is 4. The molecule has 142 valence electrons. The molecule has 1 aromatic carbocycles. The molecule has 1 saturated heterocycles. The lowest BCUT2D eigenvalue weighted by atomic mass is 10.0. The first-order valence-electron chi connectivity index (χ1n) is 9.22. The lowest BCUT2D eigenvalue weighted by Gasteiger charge is -2.39. The molecule has 7 nitrogen and oxygen atoms in total. The number of nitrogens with one attached hydrogen (secondary N) is 1. The van der Waals surface area contributed by atoms with Crippen LogP contribution in [0.25, 0.3) is 11.3 Å². The maximum absolute atomic E-state index is 13.1. The van der Waals surface area contributed by atoms with Crippen LogP contribution in [0.5, 0.6) is 0 Å². The molecule has 2 heterocycles. The third-order valence-electron chi connectivity index (χ3n) is 4.89. The molecule has 2 amide bonds. The average Bonchev–Trinajstić information content (AvgIpc) is 2.68.